The molecule has 1 aliphatic heterocycles. The van der Waals surface area contributed by atoms with E-state index >= 15 is 0 Å². The molecule has 3 rings (SSSR count). The number of halogens is 1. The number of Topliss-reactive ketones (excluding diaryl/α,β-unsaturated/α-hetero) is 1. The fourth-order valence-corrected chi connectivity index (χ4v) is 3.24. The van der Waals surface area contributed by atoms with Gasteiger partial charge in [0.2, 0.25) is 5.91 Å². The molecule has 2 aromatic rings. The molecule has 1 fully saturated rings. The Morgan fingerprint density at radius 3 is 2.21 bits per heavy atom. The number of nitrogens with zero attached hydrogens (tertiary/aromatic N) is 1. The highest BCUT2D eigenvalue weighted by atomic mass is 19.1. The summed E-state index contributed by atoms with van der Waals surface area (Å²) in [5.41, 5.74) is 2.78. The van der Waals surface area contributed by atoms with Crippen LogP contribution < -0.4 is 4.74 Å². The van der Waals surface area contributed by atoms with Gasteiger partial charge in [-0.15, -0.1) is 0 Å². The lowest BCUT2D eigenvalue weighted by atomic mass is 9.98. The zero-order valence-electron chi connectivity index (χ0n) is 16.7. The standard InChI is InChI=1S/C24H24FNO3/c1-3-29-23-10-6-19(7-11-23)15-21-16-26(17(2)27)13-12-20(24(21)28)14-18-4-8-22(25)9-5-18/h4-11,14-15H,3,12-13,16H2,1-2H3/b20-14+,21-15+. The number of rotatable bonds is 4. The zero-order valence-corrected chi connectivity index (χ0v) is 16.7. The summed E-state index contributed by atoms with van der Waals surface area (Å²) in [4.78, 5) is 26.8. The number of carbonyl (C=O) groups excluding carboxylic acids is 2. The van der Waals surface area contributed by atoms with Crippen molar-refractivity contribution in [2.75, 3.05) is 19.7 Å². The van der Waals surface area contributed by atoms with E-state index in [-0.39, 0.29) is 24.1 Å². The number of hydrogen-bond donors (Lipinski definition) is 0. The van der Waals surface area contributed by atoms with Crippen molar-refractivity contribution in [1.82, 2.24) is 4.90 Å². The third kappa shape index (κ3) is 5.41. The van der Waals surface area contributed by atoms with Crippen LogP contribution in [-0.4, -0.2) is 36.3 Å². The van der Waals surface area contributed by atoms with E-state index in [0.717, 1.165) is 16.9 Å². The first-order chi connectivity index (χ1) is 14.0. The van der Waals surface area contributed by atoms with Crippen LogP contribution >= 0.6 is 0 Å². The second-order valence-corrected chi connectivity index (χ2v) is 6.91. The van der Waals surface area contributed by atoms with E-state index in [9.17, 15) is 14.0 Å². The summed E-state index contributed by atoms with van der Waals surface area (Å²) in [6.45, 7) is 4.75. The summed E-state index contributed by atoms with van der Waals surface area (Å²) < 4.78 is 18.6. The average Bonchev–Trinajstić information content (AvgIpc) is 2.85. The minimum Gasteiger partial charge on any atom is -0.494 e. The molecule has 0 aliphatic carbocycles. The van der Waals surface area contributed by atoms with Crippen molar-refractivity contribution in [3.05, 3.63) is 76.6 Å². The van der Waals surface area contributed by atoms with Crippen LogP contribution in [0, 0.1) is 5.82 Å². The summed E-state index contributed by atoms with van der Waals surface area (Å²) in [6, 6.07) is 13.5. The predicted octanol–water partition coefficient (Wildman–Crippen LogP) is 4.51. The van der Waals surface area contributed by atoms with Crippen LogP contribution in [0.5, 0.6) is 5.75 Å². The van der Waals surface area contributed by atoms with E-state index < -0.39 is 0 Å². The van der Waals surface area contributed by atoms with Crippen LogP contribution in [0.2, 0.25) is 0 Å². The summed E-state index contributed by atoms with van der Waals surface area (Å²) in [6.07, 6.45) is 4.05. The molecule has 2 aromatic carbocycles. The maximum Gasteiger partial charge on any atom is 0.219 e. The van der Waals surface area contributed by atoms with Gasteiger partial charge in [-0.3, -0.25) is 9.59 Å². The fraction of sp³-hybridized carbons (Fsp3) is 0.250. The van der Waals surface area contributed by atoms with Crippen LogP contribution in [0.25, 0.3) is 12.2 Å². The van der Waals surface area contributed by atoms with E-state index in [1.807, 2.05) is 37.3 Å². The Morgan fingerprint density at radius 1 is 1.03 bits per heavy atom. The van der Waals surface area contributed by atoms with Gasteiger partial charge >= 0.3 is 0 Å². The van der Waals surface area contributed by atoms with Crippen molar-refractivity contribution in [2.24, 2.45) is 0 Å². The number of benzene rings is 2. The van der Waals surface area contributed by atoms with Crippen molar-refractivity contribution >= 4 is 23.8 Å². The van der Waals surface area contributed by atoms with E-state index in [1.54, 1.807) is 23.1 Å². The highest BCUT2D eigenvalue weighted by molar-refractivity contribution is 6.14. The molecule has 0 N–H and O–H groups in total. The van der Waals surface area contributed by atoms with Gasteiger partial charge in [0.15, 0.2) is 5.78 Å². The molecule has 1 heterocycles. The highest BCUT2D eigenvalue weighted by Gasteiger charge is 2.24. The third-order valence-corrected chi connectivity index (χ3v) is 4.78. The lowest BCUT2D eigenvalue weighted by molar-refractivity contribution is -0.128. The number of ketones is 1. The van der Waals surface area contributed by atoms with Gasteiger partial charge in [-0.2, -0.15) is 0 Å². The Balaban J connectivity index is 1.94. The van der Waals surface area contributed by atoms with Gasteiger partial charge in [-0.25, -0.2) is 4.39 Å². The first-order valence-corrected chi connectivity index (χ1v) is 9.66. The van der Waals surface area contributed by atoms with Crippen molar-refractivity contribution in [3.63, 3.8) is 0 Å². The Kier molecular flexibility index (Phi) is 6.60. The van der Waals surface area contributed by atoms with Gasteiger partial charge in [-0.05, 0) is 60.9 Å². The molecule has 1 aliphatic rings. The van der Waals surface area contributed by atoms with E-state index in [2.05, 4.69) is 0 Å². The zero-order chi connectivity index (χ0) is 20.8. The maximum absolute atomic E-state index is 13.2. The lowest BCUT2D eigenvalue weighted by Gasteiger charge is -2.18. The van der Waals surface area contributed by atoms with Crippen molar-refractivity contribution in [2.45, 2.75) is 20.3 Å². The first kappa shape index (κ1) is 20.5. The summed E-state index contributed by atoms with van der Waals surface area (Å²) in [5, 5.41) is 0. The molecule has 150 valence electrons. The van der Waals surface area contributed by atoms with Gasteiger partial charge < -0.3 is 9.64 Å². The topological polar surface area (TPSA) is 46.6 Å². The minimum atomic E-state index is -0.321. The molecular formula is C24H24FNO3. The van der Waals surface area contributed by atoms with Gasteiger partial charge in [0.05, 0.1) is 6.61 Å². The van der Waals surface area contributed by atoms with Crippen molar-refractivity contribution in [3.8, 4) is 5.75 Å². The summed E-state index contributed by atoms with van der Waals surface area (Å²) >= 11 is 0. The first-order valence-electron chi connectivity index (χ1n) is 9.66. The smallest absolute Gasteiger partial charge is 0.219 e. The minimum absolute atomic E-state index is 0.0709. The van der Waals surface area contributed by atoms with E-state index in [4.69, 9.17) is 4.74 Å². The largest absolute Gasteiger partial charge is 0.494 e. The molecule has 5 heteroatoms. The number of carbonyl (C=O) groups is 2. The van der Waals surface area contributed by atoms with Crippen molar-refractivity contribution in [1.29, 1.82) is 0 Å². The van der Waals surface area contributed by atoms with Crippen LogP contribution in [0.3, 0.4) is 0 Å². The molecule has 29 heavy (non-hydrogen) atoms. The van der Waals surface area contributed by atoms with Crippen LogP contribution in [-0.2, 0) is 9.59 Å². The normalized spacial score (nSPS) is 17.5. The number of ether oxygens (including phenoxy) is 1. The Morgan fingerprint density at radius 2 is 1.62 bits per heavy atom. The quantitative estimate of drug-likeness (QED) is 0.718. The summed E-state index contributed by atoms with van der Waals surface area (Å²) in [5.74, 6) is 0.285. The molecule has 0 unspecified atom stereocenters. The molecule has 0 radical (unpaired) electrons. The molecule has 0 spiro atoms. The third-order valence-electron chi connectivity index (χ3n) is 4.78. The number of likely N-dealkylation sites (tertiary alicyclic amines) is 1. The number of amides is 1. The average molecular weight is 393 g/mol. The van der Waals surface area contributed by atoms with Gasteiger partial charge in [-0.1, -0.05) is 24.3 Å². The molecule has 1 saturated heterocycles. The van der Waals surface area contributed by atoms with Crippen LogP contribution in [0.4, 0.5) is 4.39 Å². The molecular weight excluding hydrogens is 369 g/mol. The van der Waals surface area contributed by atoms with E-state index in [0.29, 0.717) is 30.7 Å². The lowest BCUT2D eigenvalue weighted by Crippen LogP contribution is -2.30. The molecule has 0 saturated carbocycles. The van der Waals surface area contributed by atoms with Crippen LogP contribution in [0.15, 0.2) is 59.7 Å². The van der Waals surface area contributed by atoms with Crippen LogP contribution in [0.1, 0.15) is 31.4 Å². The van der Waals surface area contributed by atoms with E-state index in [1.165, 1.54) is 19.1 Å². The van der Waals surface area contributed by atoms with Gasteiger partial charge in [0.1, 0.15) is 11.6 Å². The molecule has 0 bridgehead atoms. The second-order valence-electron chi connectivity index (χ2n) is 6.91. The molecule has 1 amide bonds. The molecule has 0 aromatic heterocycles. The molecule has 4 nitrogen and oxygen atoms in total. The van der Waals surface area contributed by atoms with Crippen molar-refractivity contribution < 1.29 is 18.7 Å². The second kappa shape index (κ2) is 9.32. The molecule has 0 atom stereocenters. The maximum atomic E-state index is 13.2. The Hall–Kier alpha value is -3.21. The monoisotopic (exact) mass is 393 g/mol. The van der Waals surface area contributed by atoms with Gasteiger partial charge in [0.25, 0.3) is 0 Å². The predicted molar refractivity (Wildman–Crippen MR) is 112 cm³/mol. The Bertz CT molecular complexity index is 943. The highest BCUT2D eigenvalue weighted by Crippen LogP contribution is 2.23. The van der Waals surface area contributed by atoms with Gasteiger partial charge in [0, 0.05) is 31.2 Å². The fourth-order valence-electron chi connectivity index (χ4n) is 3.24. The number of hydrogen-bond acceptors (Lipinski definition) is 3. The SMILES string of the molecule is CCOc1ccc(/C=C2\CN(C(C)=O)CC/C(=C\c3ccc(F)cc3)C2=O)cc1. The Labute approximate surface area is 170 Å². The summed E-state index contributed by atoms with van der Waals surface area (Å²) in [7, 11) is 0.